The van der Waals surface area contributed by atoms with Crippen molar-refractivity contribution < 1.29 is 14.4 Å². The molecule has 7 nitrogen and oxygen atoms in total. The van der Waals surface area contributed by atoms with Gasteiger partial charge < -0.3 is 14.4 Å². The van der Waals surface area contributed by atoms with Gasteiger partial charge in [0.2, 0.25) is 12.6 Å². The molecule has 7 heteroatoms. The first-order chi connectivity index (χ1) is 11.2. The van der Waals surface area contributed by atoms with E-state index in [1.807, 2.05) is 23.1 Å². The Labute approximate surface area is 132 Å². The summed E-state index contributed by atoms with van der Waals surface area (Å²) >= 11 is 0. The highest BCUT2D eigenvalue weighted by molar-refractivity contribution is 5.60. The lowest BCUT2D eigenvalue weighted by Crippen LogP contribution is -2.24. The molecule has 0 radical (unpaired) electrons. The van der Waals surface area contributed by atoms with Crippen LogP contribution >= 0.6 is 0 Å². The van der Waals surface area contributed by atoms with Crippen LogP contribution in [0.5, 0.6) is 11.5 Å². The van der Waals surface area contributed by atoms with Crippen LogP contribution in [0.25, 0.3) is 0 Å². The summed E-state index contributed by atoms with van der Waals surface area (Å²) in [5.41, 5.74) is 1.10. The molecule has 0 N–H and O–H groups in total. The lowest BCUT2D eigenvalue weighted by atomic mass is 10.0. The summed E-state index contributed by atoms with van der Waals surface area (Å²) < 4.78 is 10.8. The third kappa shape index (κ3) is 2.34. The number of aromatic nitrogens is 1. The Morgan fingerprint density at radius 1 is 1.26 bits per heavy atom. The van der Waals surface area contributed by atoms with Crippen LogP contribution in [0.1, 0.15) is 24.4 Å². The van der Waals surface area contributed by atoms with Crippen LogP contribution in [0.3, 0.4) is 0 Å². The number of pyridine rings is 1. The van der Waals surface area contributed by atoms with Crippen LogP contribution in [0.4, 0.5) is 11.5 Å². The van der Waals surface area contributed by atoms with Gasteiger partial charge in [0, 0.05) is 18.8 Å². The third-order valence-corrected chi connectivity index (χ3v) is 4.27. The quantitative estimate of drug-likeness (QED) is 0.640. The Morgan fingerprint density at radius 3 is 3.00 bits per heavy atom. The molecule has 2 aliphatic heterocycles. The van der Waals surface area contributed by atoms with Gasteiger partial charge in [0.25, 0.3) is 0 Å². The lowest BCUT2D eigenvalue weighted by molar-refractivity contribution is -0.384. The molecule has 3 heterocycles. The van der Waals surface area contributed by atoms with Gasteiger partial charge in [-0.15, -0.1) is 0 Å². The molecule has 23 heavy (non-hydrogen) atoms. The molecule has 1 unspecified atom stereocenters. The summed E-state index contributed by atoms with van der Waals surface area (Å²) in [4.78, 5) is 17.2. The van der Waals surface area contributed by atoms with E-state index in [-0.39, 0.29) is 23.4 Å². The Bertz CT molecular complexity index is 765. The fraction of sp³-hybridized carbons (Fsp3) is 0.312. The van der Waals surface area contributed by atoms with Crippen molar-refractivity contribution in [1.82, 2.24) is 4.98 Å². The second kappa shape index (κ2) is 5.42. The van der Waals surface area contributed by atoms with E-state index >= 15 is 0 Å². The normalized spacial score (nSPS) is 19.1. The number of ether oxygens (including phenoxy) is 2. The summed E-state index contributed by atoms with van der Waals surface area (Å²) in [5, 5.41) is 11.3. The Balaban J connectivity index is 1.71. The molecule has 0 saturated carbocycles. The first kappa shape index (κ1) is 13.8. The van der Waals surface area contributed by atoms with Crippen molar-refractivity contribution in [2.24, 2.45) is 0 Å². The van der Waals surface area contributed by atoms with Gasteiger partial charge in [0.15, 0.2) is 11.5 Å². The van der Waals surface area contributed by atoms with E-state index in [0.717, 1.165) is 36.4 Å². The van der Waals surface area contributed by atoms with Crippen LogP contribution in [-0.2, 0) is 0 Å². The average molecular weight is 313 g/mol. The molecule has 0 amide bonds. The predicted molar refractivity (Wildman–Crippen MR) is 82.8 cm³/mol. The Hall–Kier alpha value is -2.83. The molecule has 1 saturated heterocycles. The first-order valence-electron chi connectivity index (χ1n) is 7.49. The molecule has 118 valence electrons. The van der Waals surface area contributed by atoms with Crippen molar-refractivity contribution in [3.63, 3.8) is 0 Å². The number of nitro groups is 1. The maximum Gasteiger partial charge on any atom is 0.311 e. The molecule has 1 aromatic carbocycles. The van der Waals surface area contributed by atoms with Gasteiger partial charge in [-0.05, 0) is 36.6 Å². The molecule has 1 fully saturated rings. The fourth-order valence-electron chi connectivity index (χ4n) is 3.24. The van der Waals surface area contributed by atoms with Crippen LogP contribution in [0.2, 0.25) is 0 Å². The average Bonchev–Trinajstić information content (AvgIpc) is 3.23. The van der Waals surface area contributed by atoms with Gasteiger partial charge >= 0.3 is 5.69 Å². The van der Waals surface area contributed by atoms with E-state index in [1.165, 1.54) is 6.07 Å². The molecule has 2 aliphatic rings. The van der Waals surface area contributed by atoms with Crippen LogP contribution < -0.4 is 14.4 Å². The maximum absolute atomic E-state index is 11.3. The highest BCUT2D eigenvalue weighted by atomic mass is 16.7. The molecule has 1 atom stereocenters. The first-order valence-corrected chi connectivity index (χ1v) is 7.49. The number of fused-ring (bicyclic) bond motifs is 1. The zero-order valence-corrected chi connectivity index (χ0v) is 12.3. The molecule has 4 rings (SSSR count). The van der Waals surface area contributed by atoms with Crippen molar-refractivity contribution in [3.05, 3.63) is 52.2 Å². The molecule has 1 aromatic heterocycles. The van der Waals surface area contributed by atoms with Crippen molar-refractivity contribution in [2.75, 3.05) is 18.2 Å². The number of hydrogen-bond donors (Lipinski definition) is 0. The van der Waals surface area contributed by atoms with E-state index < -0.39 is 0 Å². The minimum absolute atomic E-state index is 0.0418. The van der Waals surface area contributed by atoms with Crippen molar-refractivity contribution >= 4 is 11.5 Å². The van der Waals surface area contributed by atoms with Crippen molar-refractivity contribution in [3.8, 4) is 11.5 Å². The van der Waals surface area contributed by atoms with E-state index in [1.54, 1.807) is 12.3 Å². The molecular formula is C16H15N3O4. The topological polar surface area (TPSA) is 77.7 Å². The van der Waals surface area contributed by atoms with Gasteiger partial charge in [-0.1, -0.05) is 6.07 Å². The smallest absolute Gasteiger partial charge is 0.311 e. The van der Waals surface area contributed by atoms with E-state index in [9.17, 15) is 10.1 Å². The SMILES string of the molecule is O=[N+]([O-])c1cccnc1N1CCCC1c1ccc2c(c1)OCO2. The number of anilines is 1. The lowest BCUT2D eigenvalue weighted by Gasteiger charge is -2.25. The minimum atomic E-state index is -0.378. The zero-order chi connectivity index (χ0) is 15.8. The van der Waals surface area contributed by atoms with Crippen LogP contribution in [-0.4, -0.2) is 23.2 Å². The standard InChI is InChI=1S/C16H15N3O4/c20-19(21)13-3-1-7-17-16(13)18-8-2-4-12(18)11-5-6-14-15(9-11)23-10-22-14/h1,3,5-7,9,12H,2,4,8,10H2. The second-order valence-electron chi connectivity index (χ2n) is 5.57. The summed E-state index contributed by atoms with van der Waals surface area (Å²) in [6.45, 7) is 0.982. The summed E-state index contributed by atoms with van der Waals surface area (Å²) in [5.74, 6) is 1.89. The molecule has 0 spiro atoms. The maximum atomic E-state index is 11.3. The van der Waals surface area contributed by atoms with Crippen LogP contribution in [0, 0.1) is 10.1 Å². The van der Waals surface area contributed by atoms with Gasteiger partial charge in [-0.2, -0.15) is 0 Å². The van der Waals surface area contributed by atoms with Gasteiger partial charge in [-0.3, -0.25) is 10.1 Å². The predicted octanol–water partition coefficient (Wildman–Crippen LogP) is 3.06. The number of rotatable bonds is 3. The van der Waals surface area contributed by atoms with Crippen molar-refractivity contribution in [2.45, 2.75) is 18.9 Å². The second-order valence-corrected chi connectivity index (χ2v) is 5.57. The number of nitrogens with zero attached hydrogens (tertiary/aromatic N) is 3. The summed E-state index contributed by atoms with van der Waals surface area (Å²) in [7, 11) is 0. The van der Waals surface area contributed by atoms with Gasteiger partial charge in [-0.25, -0.2) is 4.98 Å². The minimum Gasteiger partial charge on any atom is -0.454 e. The van der Waals surface area contributed by atoms with Crippen molar-refractivity contribution in [1.29, 1.82) is 0 Å². The fourth-order valence-corrected chi connectivity index (χ4v) is 3.24. The van der Waals surface area contributed by atoms with Crippen LogP contribution in [0.15, 0.2) is 36.5 Å². The Morgan fingerprint density at radius 2 is 2.13 bits per heavy atom. The number of hydrogen-bond acceptors (Lipinski definition) is 6. The third-order valence-electron chi connectivity index (χ3n) is 4.27. The summed E-state index contributed by atoms with van der Waals surface area (Å²) in [6, 6.07) is 8.98. The monoisotopic (exact) mass is 313 g/mol. The largest absolute Gasteiger partial charge is 0.454 e. The zero-order valence-electron chi connectivity index (χ0n) is 12.3. The summed E-state index contributed by atoms with van der Waals surface area (Å²) in [6.07, 6.45) is 3.48. The highest BCUT2D eigenvalue weighted by Gasteiger charge is 2.32. The van der Waals surface area contributed by atoms with Gasteiger partial charge in [0.1, 0.15) is 0 Å². The molecule has 0 bridgehead atoms. The molecule has 0 aliphatic carbocycles. The van der Waals surface area contributed by atoms with E-state index in [2.05, 4.69) is 4.98 Å². The number of benzene rings is 1. The molecule has 2 aromatic rings. The van der Waals surface area contributed by atoms with E-state index in [4.69, 9.17) is 9.47 Å². The Kier molecular flexibility index (Phi) is 3.25. The molecular weight excluding hydrogens is 298 g/mol. The van der Waals surface area contributed by atoms with Gasteiger partial charge in [0.05, 0.1) is 11.0 Å². The van der Waals surface area contributed by atoms with E-state index in [0.29, 0.717) is 5.82 Å². The highest BCUT2D eigenvalue weighted by Crippen LogP contribution is 2.42.